The van der Waals surface area contributed by atoms with Gasteiger partial charge < -0.3 is 28.8 Å². The number of benzene rings is 3. The molecule has 202 valence electrons. The fourth-order valence-corrected chi connectivity index (χ4v) is 4.05. The number of phenolic OH excluding ortho intramolecular Hbond substituents is 1. The van der Waals surface area contributed by atoms with Crippen LogP contribution in [0.4, 0.5) is 0 Å². The van der Waals surface area contributed by atoms with Crippen molar-refractivity contribution in [1.29, 1.82) is 0 Å². The van der Waals surface area contributed by atoms with Gasteiger partial charge in [0.05, 0.1) is 20.8 Å². The van der Waals surface area contributed by atoms with Crippen LogP contribution < -0.4 is 18.9 Å². The molecule has 8 nitrogen and oxygen atoms in total. The number of esters is 2. The number of carbonyl (C=O) groups excluding carboxylic acids is 2. The second-order valence-corrected chi connectivity index (χ2v) is 8.93. The first-order valence-corrected chi connectivity index (χ1v) is 12.3. The number of rotatable bonds is 10. The smallest absolute Gasteiger partial charge is 0.347 e. The standard InChI is InChI=1S/C30H34O8/c1-8-13-36-29(32)25-17(2)15-24(19(4)27(25)31)38-30(33)26-18(3)14-23(20(5)28(26)35-7)37-16-21-9-11-22(34-6)12-10-21/h9-12,14-15,31H,8,13,16H2,1-7H3. The molecule has 0 fully saturated rings. The first kappa shape index (κ1) is 28.4. The van der Waals surface area contributed by atoms with Crippen molar-refractivity contribution in [3.8, 4) is 28.7 Å². The second-order valence-electron chi connectivity index (χ2n) is 8.93. The van der Waals surface area contributed by atoms with Crippen molar-refractivity contribution < 1.29 is 38.4 Å². The number of phenols is 1. The van der Waals surface area contributed by atoms with E-state index in [9.17, 15) is 14.7 Å². The molecule has 38 heavy (non-hydrogen) atoms. The maximum absolute atomic E-state index is 13.3. The summed E-state index contributed by atoms with van der Waals surface area (Å²) in [6, 6.07) is 10.9. The molecule has 0 aliphatic rings. The van der Waals surface area contributed by atoms with Gasteiger partial charge in [0.1, 0.15) is 46.5 Å². The van der Waals surface area contributed by atoms with Crippen LogP contribution in [0.15, 0.2) is 36.4 Å². The molecule has 0 saturated carbocycles. The Labute approximate surface area is 223 Å². The van der Waals surface area contributed by atoms with Crippen molar-refractivity contribution in [2.45, 2.75) is 47.6 Å². The highest BCUT2D eigenvalue weighted by molar-refractivity contribution is 5.98. The molecule has 0 bridgehead atoms. The first-order chi connectivity index (χ1) is 18.1. The van der Waals surface area contributed by atoms with Crippen molar-refractivity contribution in [1.82, 2.24) is 0 Å². The zero-order chi connectivity index (χ0) is 28.0. The largest absolute Gasteiger partial charge is 0.507 e. The van der Waals surface area contributed by atoms with Crippen molar-refractivity contribution in [3.05, 3.63) is 75.3 Å². The highest BCUT2D eigenvalue weighted by Gasteiger charge is 2.26. The molecular formula is C30H34O8. The Morgan fingerprint density at radius 2 is 1.45 bits per heavy atom. The lowest BCUT2D eigenvalue weighted by atomic mass is 10.0. The molecule has 1 N–H and O–H groups in total. The average molecular weight is 523 g/mol. The predicted molar refractivity (Wildman–Crippen MR) is 143 cm³/mol. The summed E-state index contributed by atoms with van der Waals surface area (Å²) < 4.78 is 27.7. The van der Waals surface area contributed by atoms with Crippen molar-refractivity contribution in [3.63, 3.8) is 0 Å². The van der Waals surface area contributed by atoms with E-state index in [1.807, 2.05) is 31.2 Å². The number of carbonyl (C=O) groups is 2. The van der Waals surface area contributed by atoms with Crippen LogP contribution in [0.5, 0.6) is 28.7 Å². The molecule has 0 saturated heterocycles. The SMILES string of the molecule is CCCOC(=O)c1c(C)cc(OC(=O)c2c(C)cc(OCc3ccc(OC)cc3)c(C)c2OC)c(C)c1O. The van der Waals surface area contributed by atoms with Crippen LogP contribution >= 0.6 is 0 Å². The lowest BCUT2D eigenvalue weighted by molar-refractivity contribution is 0.0500. The monoisotopic (exact) mass is 522 g/mol. The minimum absolute atomic E-state index is 0.0544. The molecule has 0 spiro atoms. The zero-order valence-electron chi connectivity index (χ0n) is 22.9. The Hall–Kier alpha value is -4.20. The molecule has 0 atom stereocenters. The van der Waals surface area contributed by atoms with E-state index in [1.165, 1.54) is 13.2 Å². The van der Waals surface area contributed by atoms with E-state index >= 15 is 0 Å². The molecule has 0 aromatic heterocycles. The van der Waals surface area contributed by atoms with Gasteiger partial charge in [-0.1, -0.05) is 19.1 Å². The van der Waals surface area contributed by atoms with Gasteiger partial charge in [-0.3, -0.25) is 0 Å². The van der Waals surface area contributed by atoms with Crippen molar-refractivity contribution >= 4 is 11.9 Å². The summed E-state index contributed by atoms with van der Waals surface area (Å²) in [5.74, 6) is 0.236. The molecule has 0 heterocycles. The Morgan fingerprint density at radius 3 is 2.05 bits per heavy atom. The number of hydrogen-bond acceptors (Lipinski definition) is 8. The summed E-state index contributed by atoms with van der Waals surface area (Å²) in [5.41, 5.74) is 3.17. The Bertz CT molecular complexity index is 1330. The summed E-state index contributed by atoms with van der Waals surface area (Å²) in [5, 5.41) is 10.7. The zero-order valence-corrected chi connectivity index (χ0v) is 22.9. The molecule has 0 radical (unpaired) electrons. The van der Waals surface area contributed by atoms with E-state index in [-0.39, 0.29) is 34.8 Å². The molecule has 0 aliphatic heterocycles. The van der Waals surface area contributed by atoms with Crippen LogP contribution in [-0.2, 0) is 11.3 Å². The lowest BCUT2D eigenvalue weighted by Crippen LogP contribution is -2.15. The van der Waals surface area contributed by atoms with Gasteiger partial charge in [0.2, 0.25) is 0 Å². The van der Waals surface area contributed by atoms with Gasteiger partial charge in [0.15, 0.2) is 0 Å². The maximum atomic E-state index is 13.3. The summed E-state index contributed by atoms with van der Waals surface area (Å²) in [7, 11) is 3.09. The molecule has 0 aliphatic carbocycles. The van der Waals surface area contributed by atoms with Crippen LogP contribution in [0.2, 0.25) is 0 Å². The van der Waals surface area contributed by atoms with Gasteiger partial charge in [-0.15, -0.1) is 0 Å². The number of aromatic hydroxyl groups is 1. The third-order valence-corrected chi connectivity index (χ3v) is 6.19. The van der Waals surface area contributed by atoms with Gasteiger partial charge in [-0.2, -0.15) is 0 Å². The van der Waals surface area contributed by atoms with E-state index in [2.05, 4.69) is 0 Å². The van der Waals surface area contributed by atoms with Gasteiger partial charge in [0.25, 0.3) is 0 Å². The predicted octanol–water partition coefficient (Wildman–Crippen LogP) is 6.01. The minimum atomic E-state index is -0.660. The summed E-state index contributed by atoms with van der Waals surface area (Å²) >= 11 is 0. The highest BCUT2D eigenvalue weighted by Crippen LogP contribution is 2.38. The summed E-state index contributed by atoms with van der Waals surface area (Å²) in [6.07, 6.45) is 0.659. The van der Waals surface area contributed by atoms with E-state index in [0.29, 0.717) is 41.2 Å². The second kappa shape index (κ2) is 12.4. The molecule has 0 amide bonds. The van der Waals surface area contributed by atoms with E-state index in [0.717, 1.165) is 11.3 Å². The topological polar surface area (TPSA) is 101 Å². The fourth-order valence-electron chi connectivity index (χ4n) is 4.05. The molecule has 0 unspecified atom stereocenters. The number of methoxy groups -OCH3 is 2. The minimum Gasteiger partial charge on any atom is -0.507 e. The molecule has 3 aromatic rings. The van der Waals surface area contributed by atoms with E-state index < -0.39 is 11.9 Å². The summed E-state index contributed by atoms with van der Waals surface area (Å²) in [4.78, 5) is 25.7. The maximum Gasteiger partial charge on any atom is 0.347 e. The normalized spacial score (nSPS) is 10.6. The van der Waals surface area contributed by atoms with Crippen molar-refractivity contribution in [2.24, 2.45) is 0 Å². The lowest BCUT2D eigenvalue weighted by Gasteiger charge is -2.19. The van der Waals surface area contributed by atoms with Crippen LogP contribution in [0.1, 0.15) is 61.9 Å². The van der Waals surface area contributed by atoms with Gasteiger partial charge in [0, 0.05) is 11.1 Å². The van der Waals surface area contributed by atoms with Gasteiger partial charge in [-0.05, 0) is 75.1 Å². The quantitative estimate of drug-likeness (QED) is 0.255. The Balaban J connectivity index is 1.87. The molecule has 3 aromatic carbocycles. The van der Waals surface area contributed by atoms with Gasteiger partial charge >= 0.3 is 11.9 Å². The van der Waals surface area contributed by atoms with E-state index in [4.69, 9.17) is 23.7 Å². The van der Waals surface area contributed by atoms with Crippen LogP contribution in [0.3, 0.4) is 0 Å². The Morgan fingerprint density at radius 1 is 0.816 bits per heavy atom. The fraction of sp³-hybridized carbons (Fsp3) is 0.333. The third-order valence-electron chi connectivity index (χ3n) is 6.19. The van der Waals surface area contributed by atoms with Crippen LogP contribution in [0.25, 0.3) is 0 Å². The average Bonchev–Trinajstić information content (AvgIpc) is 2.90. The van der Waals surface area contributed by atoms with E-state index in [1.54, 1.807) is 40.9 Å². The molecule has 8 heteroatoms. The Kier molecular flexibility index (Phi) is 9.23. The van der Waals surface area contributed by atoms with Gasteiger partial charge in [-0.25, -0.2) is 9.59 Å². The molecular weight excluding hydrogens is 488 g/mol. The number of aryl methyl sites for hydroxylation is 2. The number of ether oxygens (including phenoxy) is 5. The number of hydrogen-bond donors (Lipinski definition) is 1. The van der Waals surface area contributed by atoms with Crippen LogP contribution in [0, 0.1) is 27.7 Å². The molecule has 3 rings (SSSR count). The highest BCUT2D eigenvalue weighted by atomic mass is 16.5. The van der Waals surface area contributed by atoms with Crippen LogP contribution in [-0.4, -0.2) is 37.9 Å². The first-order valence-electron chi connectivity index (χ1n) is 12.3. The third kappa shape index (κ3) is 6.02. The van der Waals surface area contributed by atoms with Crippen molar-refractivity contribution in [2.75, 3.05) is 20.8 Å². The summed E-state index contributed by atoms with van der Waals surface area (Å²) in [6.45, 7) is 9.22.